The Labute approximate surface area is 97.3 Å². The van der Waals surface area contributed by atoms with Crippen LogP contribution < -0.4 is 5.73 Å². The number of benzene rings is 2. The lowest BCUT2D eigenvalue weighted by atomic mass is 10.0. The largest absolute Gasteiger partial charge is 0.504 e. The van der Waals surface area contributed by atoms with Gasteiger partial charge >= 0.3 is 0 Å². The first kappa shape index (κ1) is 11.1. The molecule has 0 heterocycles. The SMILES string of the molecule is NC(=O)c1cccc(-c2cccc(F)c2O)c1. The van der Waals surface area contributed by atoms with Crippen molar-refractivity contribution in [2.24, 2.45) is 5.73 Å². The van der Waals surface area contributed by atoms with Gasteiger partial charge < -0.3 is 10.8 Å². The normalized spacial score (nSPS) is 10.2. The van der Waals surface area contributed by atoms with Crippen LogP contribution in [0.4, 0.5) is 4.39 Å². The molecule has 0 aliphatic carbocycles. The number of halogens is 1. The van der Waals surface area contributed by atoms with Crippen molar-refractivity contribution in [1.82, 2.24) is 0 Å². The van der Waals surface area contributed by atoms with Gasteiger partial charge in [0.1, 0.15) is 0 Å². The lowest BCUT2D eigenvalue weighted by molar-refractivity contribution is 0.100. The van der Waals surface area contributed by atoms with E-state index in [0.29, 0.717) is 16.7 Å². The number of hydrogen-bond donors (Lipinski definition) is 2. The second-order valence-corrected chi connectivity index (χ2v) is 3.58. The van der Waals surface area contributed by atoms with Crippen LogP contribution in [0.1, 0.15) is 10.4 Å². The van der Waals surface area contributed by atoms with E-state index in [0.717, 1.165) is 6.07 Å². The summed E-state index contributed by atoms with van der Waals surface area (Å²) in [6.07, 6.45) is 0. The maximum Gasteiger partial charge on any atom is 0.248 e. The van der Waals surface area contributed by atoms with Crippen molar-refractivity contribution in [2.45, 2.75) is 0 Å². The third-order valence-corrected chi connectivity index (χ3v) is 2.44. The predicted octanol–water partition coefficient (Wildman–Crippen LogP) is 2.30. The van der Waals surface area contributed by atoms with E-state index in [4.69, 9.17) is 5.73 Å². The molecule has 3 N–H and O–H groups in total. The lowest BCUT2D eigenvalue weighted by Gasteiger charge is -2.06. The molecule has 0 aromatic heterocycles. The topological polar surface area (TPSA) is 63.3 Å². The molecule has 2 aromatic carbocycles. The highest BCUT2D eigenvalue weighted by Gasteiger charge is 2.10. The molecule has 2 aromatic rings. The van der Waals surface area contributed by atoms with Gasteiger partial charge in [0.05, 0.1) is 0 Å². The lowest BCUT2D eigenvalue weighted by Crippen LogP contribution is -2.10. The van der Waals surface area contributed by atoms with Crippen LogP contribution in [0.2, 0.25) is 0 Å². The van der Waals surface area contributed by atoms with Crippen LogP contribution in [0.15, 0.2) is 42.5 Å². The summed E-state index contributed by atoms with van der Waals surface area (Å²) in [6.45, 7) is 0. The molecule has 17 heavy (non-hydrogen) atoms. The van der Waals surface area contributed by atoms with Gasteiger partial charge in [-0.15, -0.1) is 0 Å². The highest BCUT2D eigenvalue weighted by atomic mass is 19.1. The average Bonchev–Trinajstić information content (AvgIpc) is 2.33. The van der Waals surface area contributed by atoms with E-state index in [-0.39, 0.29) is 0 Å². The number of para-hydroxylation sites is 1. The Kier molecular flexibility index (Phi) is 2.78. The van der Waals surface area contributed by atoms with Gasteiger partial charge in [-0.25, -0.2) is 4.39 Å². The molecule has 0 atom stereocenters. The summed E-state index contributed by atoms with van der Waals surface area (Å²) in [6, 6.07) is 10.6. The zero-order valence-corrected chi connectivity index (χ0v) is 8.85. The molecule has 2 rings (SSSR count). The van der Waals surface area contributed by atoms with E-state index in [1.807, 2.05) is 0 Å². The van der Waals surface area contributed by atoms with E-state index in [1.165, 1.54) is 12.1 Å². The van der Waals surface area contributed by atoms with Crippen LogP contribution >= 0.6 is 0 Å². The van der Waals surface area contributed by atoms with Crippen LogP contribution in [0.3, 0.4) is 0 Å². The van der Waals surface area contributed by atoms with E-state index in [9.17, 15) is 14.3 Å². The molecule has 0 fully saturated rings. The van der Waals surface area contributed by atoms with Crippen LogP contribution in [-0.2, 0) is 0 Å². The zero-order chi connectivity index (χ0) is 12.4. The fraction of sp³-hybridized carbons (Fsp3) is 0. The fourth-order valence-electron chi connectivity index (χ4n) is 1.59. The molecular weight excluding hydrogens is 221 g/mol. The molecule has 4 heteroatoms. The second-order valence-electron chi connectivity index (χ2n) is 3.58. The van der Waals surface area contributed by atoms with Gasteiger partial charge in [0.2, 0.25) is 5.91 Å². The van der Waals surface area contributed by atoms with Crippen molar-refractivity contribution < 1.29 is 14.3 Å². The van der Waals surface area contributed by atoms with E-state index in [2.05, 4.69) is 0 Å². The Balaban J connectivity index is 2.57. The Morgan fingerprint density at radius 1 is 1.18 bits per heavy atom. The standard InChI is InChI=1S/C13H10FNO2/c14-11-6-2-5-10(12(11)16)8-3-1-4-9(7-8)13(15)17/h1-7,16H,(H2,15,17). The smallest absolute Gasteiger partial charge is 0.248 e. The van der Waals surface area contributed by atoms with Crippen molar-refractivity contribution >= 4 is 5.91 Å². The Hall–Kier alpha value is -2.36. The first-order valence-corrected chi connectivity index (χ1v) is 4.97. The maximum absolute atomic E-state index is 13.2. The first-order chi connectivity index (χ1) is 8.09. The number of carbonyl (C=O) groups is 1. The van der Waals surface area contributed by atoms with E-state index >= 15 is 0 Å². The highest BCUT2D eigenvalue weighted by molar-refractivity contribution is 5.94. The van der Waals surface area contributed by atoms with Gasteiger partial charge in [0.25, 0.3) is 0 Å². The summed E-state index contributed by atoms with van der Waals surface area (Å²) in [7, 11) is 0. The molecular formula is C13H10FNO2. The molecule has 0 saturated heterocycles. The van der Waals surface area contributed by atoms with Crippen LogP contribution in [-0.4, -0.2) is 11.0 Å². The minimum Gasteiger partial charge on any atom is -0.504 e. The molecule has 3 nitrogen and oxygen atoms in total. The van der Waals surface area contributed by atoms with E-state index in [1.54, 1.807) is 24.3 Å². The molecule has 0 unspecified atom stereocenters. The summed E-state index contributed by atoms with van der Waals surface area (Å²) >= 11 is 0. The highest BCUT2D eigenvalue weighted by Crippen LogP contribution is 2.31. The summed E-state index contributed by atoms with van der Waals surface area (Å²) in [5.41, 5.74) is 6.33. The summed E-state index contributed by atoms with van der Waals surface area (Å²) in [5, 5.41) is 9.59. The number of phenols is 1. The quantitative estimate of drug-likeness (QED) is 0.832. The molecule has 1 amide bonds. The number of aromatic hydroxyl groups is 1. The zero-order valence-electron chi connectivity index (χ0n) is 8.85. The number of primary amides is 1. The molecule has 0 radical (unpaired) electrons. The molecule has 0 aliphatic rings. The van der Waals surface area contributed by atoms with Gasteiger partial charge in [0.15, 0.2) is 11.6 Å². The van der Waals surface area contributed by atoms with Crippen LogP contribution in [0.5, 0.6) is 5.75 Å². The monoisotopic (exact) mass is 231 g/mol. The molecule has 0 aliphatic heterocycles. The number of nitrogens with two attached hydrogens (primary N) is 1. The van der Waals surface area contributed by atoms with Crippen LogP contribution in [0.25, 0.3) is 11.1 Å². The Morgan fingerprint density at radius 3 is 2.59 bits per heavy atom. The summed E-state index contributed by atoms with van der Waals surface area (Å²) < 4.78 is 13.2. The number of phenolic OH excluding ortho intramolecular Hbond substituents is 1. The van der Waals surface area contributed by atoms with E-state index < -0.39 is 17.5 Å². The Bertz CT molecular complexity index is 581. The first-order valence-electron chi connectivity index (χ1n) is 4.97. The number of amides is 1. The van der Waals surface area contributed by atoms with Crippen molar-refractivity contribution in [2.75, 3.05) is 0 Å². The maximum atomic E-state index is 13.2. The van der Waals surface area contributed by atoms with Gasteiger partial charge in [-0.05, 0) is 23.8 Å². The summed E-state index contributed by atoms with van der Waals surface area (Å²) in [5.74, 6) is -1.70. The van der Waals surface area contributed by atoms with Gasteiger partial charge in [-0.3, -0.25) is 4.79 Å². The molecule has 0 spiro atoms. The number of rotatable bonds is 2. The predicted molar refractivity (Wildman–Crippen MR) is 62.0 cm³/mol. The fourth-order valence-corrected chi connectivity index (χ4v) is 1.59. The molecule has 0 bridgehead atoms. The van der Waals surface area contributed by atoms with Crippen molar-refractivity contribution in [3.05, 3.63) is 53.8 Å². The van der Waals surface area contributed by atoms with Gasteiger partial charge in [0, 0.05) is 11.1 Å². The summed E-state index contributed by atoms with van der Waals surface area (Å²) in [4.78, 5) is 11.0. The number of carbonyl (C=O) groups excluding carboxylic acids is 1. The third kappa shape index (κ3) is 2.10. The molecule has 86 valence electrons. The van der Waals surface area contributed by atoms with Crippen molar-refractivity contribution in [3.63, 3.8) is 0 Å². The molecule has 0 saturated carbocycles. The second kappa shape index (κ2) is 4.25. The van der Waals surface area contributed by atoms with Gasteiger partial charge in [-0.1, -0.05) is 24.3 Å². The van der Waals surface area contributed by atoms with Crippen molar-refractivity contribution in [3.8, 4) is 16.9 Å². The average molecular weight is 231 g/mol. The minimum absolute atomic E-state index is 0.311. The minimum atomic E-state index is -0.702. The third-order valence-electron chi connectivity index (χ3n) is 2.44. The number of hydrogen-bond acceptors (Lipinski definition) is 2. The van der Waals surface area contributed by atoms with Crippen LogP contribution in [0, 0.1) is 5.82 Å². The van der Waals surface area contributed by atoms with Gasteiger partial charge in [-0.2, -0.15) is 0 Å². The van der Waals surface area contributed by atoms with Crippen molar-refractivity contribution in [1.29, 1.82) is 0 Å². The Morgan fingerprint density at radius 2 is 1.88 bits per heavy atom.